The summed E-state index contributed by atoms with van der Waals surface area (Å²) in [4.78, 5) is 35.6. The maximum absolute atomic E-state index is 12.4. The van der Waals surface area contributed by atoms with Gasteiger partial charge in [-0.05, 0) is 93.6 Å². The van der Waals surface area contributed by atoms with Gasteiger partial charge in [0.05, 0.1) is 29.9 Å². The van der Waals surface area contributed by atoms with E-state index >= 15 is 0 Å². The van der Waals surface area contributed by atoms with Crippen LogP contribution < -0.4 is 20.1 Å². The van der Waals surface area contributed by atoms with E-state index in [1.807, 2.05) is 38.1 Å². The van der Waals surface area contributed by atoms with Crippen molar-refractivity contribution in [1.29, 1.82) is 0 Å². The van der Waals surface area contributed by atoms with Crippen LogP contribution in [-0.2, 0) is 16.0 Å². The number of carbonyl (C=O) groups is 3. The lowest BCUT2D eigenvalue weighted by Crippen LogP contribution is -2.40. The van der Waals surface area contributed by atoms with Gasteiger partial charge in [-0.3, -0.25) is 4.79 Å². The molecule has 0 aromatic heterocycles. The fourth-order valence-corrected chi connectivity index (χ4v) is 4.49. The SMILES string of the molecule is CC(C)OC(=O)NC1CCC(Oc2ccc(Oc3ccc(CC(=O)Nc4ccccc4C(=O)O)cc3)cc2)CC1. The average Bonchev–Trinajstić information content (AvgIpc) is 2.92. The van der Waals surface area contributed by atoms with Crippen molar-refractivity contribution in [3.63, 3.8) is 0 Å². The predicted octanol–water partition coefficient (Wildman–Crippen LogP) is 6.18. The van der Waals surface area contributed by atoms with Crippen molar-refractivity contribution in [2.75, 3.05) is 5.32 Å². The molecule has 0 saturated heterocycles. The average molecular weight is 547 g/mol. The summed E-state index contributed by atoms with van der Waals surface area (Å²) < 4.78 is 17.2. The van der Waals surface area contributed by atoms with E-state index in [0.717, 1.165) is 37.0 Å². The normalized spacial score (nSPS) is 16.6. The molecule has 1 aliphatic rings. The number of nitrogens with one attached hydrogen (secondary N) is 2. The largest absolute Gasteiger partial charge is 0.490 e. The smallest absolute Gasteiger partial charge is 0.407 e. The highest BCUT2D eigenvalue weighted by Crippen LogP contribution is 2.28. The quantitative estimate of drug-likeness (QED) is 0.277. The van der Waals surface area contributed by atoms with Crippen LogP contribution in [0.5, 0.6) is 17.2 Å². The Hall–Kier alpha value is -4.53. The van der Waals surface area contributed by atoms with Crippen molar-refractivity contribution >= 4 is 23.7 Å². The molecular weight excluding hydrogens is 512 g/mol. The first kappa shape index (κ1) is 28.5. The molecule has 210 valence electrons. The van der Waals surface area contributed by atoms with Crippen LogP contribution in [0.4, 0.5) is 10.5 Å². The number of amides is 2. The van der Waals surface area contributed by atoms with Crippen LogP contribution in [0.3, 0.4) is 0 Å². The number of rotatable bonds is 10. The van der Waals surface area contributed by atoms with Crippen LogP contribution in [0.15, 0.2) is 72.8 Å². The molecule has 1 aliphatic carbocycles. The van der Waals surface area contributed by atoms with Gasteiger partial charge in [-0.1, -0.05) is 24.3 Å². The van der Waals surface area contributed by atoms with Gasteiger partial charge in [-0.25, -0.2) is 9.59 Å². The minimum atomic E-state index is -1.10. The molecule has 2 amide bonds. The van der Waals surface area contributed by atoms with Crippen LogP contribution >= 0.6 is 0 Å². The number of para-hydroxylation sites is 1. The number of ether oxygens (including phenoxy) is 3. The van der Waals surface area contributed by atoms with Crippen molar-refractivity contribution in [2.24, 2.45) is 0 Å². The molecule has 1 fully saturated rings. The number of anilines is 1. The van der Waals surface area contributed by atoms with Gasteiger partial charge in [-0.15, -0.1) is 0 Å². The Labute approximate surface area is 233 Å². The Morgan fingerprint density at radius 3 is 2.08 bits per heavy atom. The van der Waals surface area contributed by atoms with Crippen molar-refractivity contribution in [3.8, 4) is 17.2 Å². The summed E-state index contributed by atoms with van der Waals surface area (Å²) in [7, 11) is 0. The molecule has 0 atom stereocenters. The minimum Gasteiger partial charge on any atom is -0.490 e. The maximum atomic E-state index is 12.4. The molecule has 0 unspecified atom stereocenters. The number of aromatic carboxylic acids is 1. The number of benzene rings is 3. The topological polar surface area (TPSA) is 123 Å². The highest BCUT2D eigenvalue weighted by Gasteiger charge is 2.24. The lowest BCUT2D eigenvalue weighted by atomic mass is 9.93. The number of hydrogen-bond acceptors (Lipinski definition) is 6. The number of carboxylic acids is 1. The van der Waals surface area contributed by atoms with Crippen LogP contribution in [0.2, 0.25) is 0 Å². The summed E-state index contributed by atoms with van der Waals surface area (Å²) in [5, 5.41) is 14.9. The predicted molar refractivity (Wildman–Crippen MR) is 150 cm³/mol. The summed E-state index contributed by atoms with van der Waals surface area (Å²) in [6, 6.07) is 21.0. The molecule has 0 bridgehead atoms. The zero-order valence-corrected chi connectivity index (χ0v) is 22.6. The Morgan fingerprint density at radius 2 is 1.45 bits per heavy atom. The van der Waals surface area contributed by atoms with Gasteiger partial charge in [0.15, 0.2) is 0 Å². The van der Waals surface area contributed by atoms with E-state index in [1.165, 1.54) is 6.07 Å². The van der Waals surface area contributed by atoms with E-state index in [0.29, 0.717) is 11.5 Å². The standard InChI is InChI=1S/C31H34N2O7/c1-20(2)38-31(37)32-22-9-13-24(14-10-22)40-26-17-15-25(16-18-26)39-23-11-7-21(8-12-23)19-29(34)33-28-6-4-3-5-27(28)30(35)36/h3-8,11-12,15-18,20,22,24H,9-10,13-14,19H2,1-2H3,(H,32,37)(H,33,34)(H,35,36). The van der Waals surface area contributed by atoms with Gasteiger partial charge in [-0.2, -0.15) is 0 Å². The Bertz CT molecular complexity index is 1300. The van der Waals surface area contributed by atoms with Crippen LogP contribution in [0.1, 0.15) is 55.5 Å². The minimum absolute atomic E-state index is 0.0430. The van der Waals surface area contributed by atoms with Gasteiger partial charge in [0.1, 0.15) is 17.2 Å². The molecule has 1 saturated carbocycles. The summed E-state index contributed by atoms with van der Waals surface area (Å²) in [5.74, 6) is 0.625. The molecule has 0 heterocycles. The molecule has 9 heteroatoms. The van der Waals surface area contributed by atoms with E-state index < -0.39 is 5.97 Å². The van der Waals surface area contributed by atoms with E-state index in [2.05, 4.69) is 10.6 Å². The summed E-state index contributed by atoms with van der Waals surface area (Å²) in [6.07, 6.45) is 3.06. The first-order valence-corrected chi connectivity index (χ1v) is 13.4. The third-order valence-electron chi connectivity index (χ3n) is 6.42. The first-order chi connectivity index (χ1) is 19.2. The van der Waals surface area contributed by atoms with Crippen LogP contribution in [0.25, 0.3) is 0 Å². The zero-order chi connectivity index (χ0) is 28.5. The molecule has 0 radical (unpaired) electrons. The third kappa shape index (κ3) is 8.49. The Balaban J connectivity index is 1.22. The summed E-state index contributed by atoms with van der Waals surface area (Å²) in [5.41, 5.74) is 1.07. The van der Waals surface area contributed by atoms with E-state index in [4.69, 9.17) is 14.2 Å². The zero-order valence-electron chi connectivity index (χ0n) is 22.6. The van der Waals surface area contributed by atoms with E-state index in [-0.39, 0.29) is 47.9 Å². The first-order valence-electron chi connectivity index (χ1n) is 13.4. The summed E-state index contributed by atoms with van der Waals surface area (Å²) >= 11 is 0. The molecule has 0 spiro atoms. The Kier molecular flexibility index (Phi) is 9.62. The van der Waals surface area contributed by atoms with Gasteiger partial charge < -0.3 is 30.0 Å². The number of alkyl carbamates (subject to hydrolysis) is 1. The third-order valence-corrected chi connectivity index (χ3v) is 6.42. The van der Waals surface area contributed by atoms with Crippen molar-refractivity contribution in [3.05, 3.63) is 83.9 Å². The van der Waals surface area contributed by atoms with Gasteiger partial charge in [0, 0.05) is 6.04 Å². The van der Waals surface area contributed by atoms with Crippen LogP contribution in [0, 0.1) is 0 Å². The molecule has 40 heavy (non-hydrogen) atoms. The second kappa shape index (κ2) is 13.5. The Morgan fingerprint density at radius 1 is 0.850 bits per heavy atom. The molecule has 3 aromatic rings. The van der Waals surface area contributed by atoms with Crippen molar-refractivity contribution < 1.29 is 33.7 Å². The second-order valence-corrected chi connectivity index (χ2v) is 9.98. The number of hydrogen-bond donors (Lipinski definition) is 3. The number of carbonyl (C=O) groups excluding carboxylic acids is 2. The molecule has 9 nitrogen and oxygen atoms in total. The molecule has 0 aliphatic heterocycles. The fourth-order valence-electron chi connectivity index (χ4n) is 4.49. The lowest BCUT2D eigenvalue weighted by Gasteiger charge is -2.29. The molecule has 3 aromatic carbocycles. The van der Waals surface area contributed by atoms with Crippen molar-refractivity contribution in [1.82, 2.24) is 5.32 Å². The van der Waals surface area contributed by atoms with Gasteiger partial charge in [0.2, 0.25) is 5.91 Å². The molecule has 3 N–H and O–H groups in total. The van der Waals surface area contributed by atoms with Gasteiger partial charge in [0.25, 0.3) is 0 Å². The highest BCUT2D eigenvalue weighted by atomic mass is 16.6. The van der Waals surface area contributed by atoms with Crippen molar-refractivity contribution in [2.45, 2.75) is 64.2 Å². The van der Waals surface area contributed by atoms with Gasteiger partial charge >= 0.3 is 12.1 Å². The monoisotopic (exact) mass is 546 g/mol. The molecule has 4 rings (SSSR count). The number of carboxylic acid groups (broad SMARTS) is 1. The van der Waals surface area contributed by atoms with E-state index in [9.17, 15) is 19.5 Å². The summed E-state index contributed by atoms with van der Waals surface area (Å²) in [6.45, 7) is 3.66. The lowest BCUT2D eigenvalue weighted by molar-refractivity contribution is -0.115. The second-order valence-electron chi connectivity index (χ2n) is 9.98. The highest BCUT2D eigenvalue weighted by molar-refractivity contribution is 6.01. The fraction of sp³-hybridized carbons (Fsp3) is 0.323. The van der Waals surface area contributed by atoms with Crippen LogP contribution in [-0.4, -0.2) is 41.3 Å². The van der Waals surface area contributed by atoms with E-state index in [1.54, 1.807) is 42.5 Å². The maximum Gasteiger partial charge on any atom is 0.407 e. The molecular formula is C31H34N2O7.